The van der Waals surface area contributed by atoms with Gasteiger partial charge in [0.05, 0.1) is 5.75 Å². The van der Waals surface area contributed by atoms with E-state index in [0.717, 1.165) is 16.7 Å². The molecular formula is C19H22N2O3S2. The van der Waals surface area contributed by atoms with Gasteiger partial charge in [-0.2, -0.15) is 15.6 Å². The van der Waals surface area contributed by atoms with E-state index < -0.39 is 10.0 Å². The first-order chi connectivity index (χ1) is 12.5. The maximum absolute atomic E-state index is 12.3. The van der Waals surface area contributed by atoms with Crippen LogP contribution in [0.2, 0.25) is 0 Å². The number of anilines is 1. The molecule has 7 heteroatoms. The van der Waals surface area contributed by atoms with Gasteiger partial charge in [0, 0.05) is 24.9 Å². The number of carbonyl (C=O) groups is 1. The molecule has 1 aliphatic heterocycles. The first-order valence-corrected chi connectivity index (χ1v) is 11.1. The Kier molecular flexibility index (Phi) is 5.90. The van der Waals surface area contributed by atoms with Crippen LogP contribution in [0.1, 0.15) is 30.0 Å². The van der Waals surface area contributed by atoms with Gasteiger partial charge in [0.2, 0.25) is 15.9 Å². The van der Waals surface area contributed by atoms with Crippen LogP contribution in [0.15, 0.2) is 41.1 Å². The van der Waals surface area contributed by atoms with E-state index in [4.69, 9.17) is 0 Å². The van der Waals surface area contributed by atoms with E-state index in [0.29, 0.717) is 31.6 Å². The number of fused-ring (bicyclic) bond motifs is 1. The standard InChI is InChI=1S/C19H22N2O3S2/c1-2-11-26(23,24)21-9-7-16-4-5-18(12-17(16)13-21)20-19(22)6-3-15-8-10-25-14-15/h3-6,8,10,12,14H,2,7,9,11,13H2,1H3,(H,20,22)/b6-3+. The Balaban J connectivity index is 1.69. The number of nitrogens with zero attached hydrogens (tertiary/aromatic N) is 1. The molecule has 0 aliphatic carbocycles. The molecule has 26 heavy (non-hydrogen) atoms. The lowest BCUT2D eigenvalue weighted by molar-refractivity contribution is -0.111. The molecule has 2 aromatic rings. The van der Waals surface area contributed by atoms with Crippen molar-refractivity contribution in [2.24, 2.45) is 0 Å². The number of rotatable bonds is 6. The molecule has 0 radical (unpaired) electrons. The fourth-order valence-electron chi connectivity index (χ4n) is 2.96. The molecular weight excluding hydrogens is 368 g/mol. The summed E-state index contributed by atoms with van der Waals surface area (Å²) < 4.78 is 26.1. The fraction of sp³-hybridized carbons (Fsp3) is 0.316. The molecule has 0 atom stereocenters. The van der Waals surface area contributed by atoms with E-state index in [2.05, 4.69) is 5.32 Å². The molecule has 0 fully saturated rings. The summed E-state index contributed by atoms with van der Waals surface area (Å²) in [5, 5.41) is 6.77. The Morgan fingerprint density at radius 2 is 2.15 bits per heavy atom. The second kappa shape index (κ2) is 8.16. The van der Waals surface area contributed by atoms with Gasteiger partial charge in [0.25, 0.3) is 0 Å². The highest BCUT2D eigenvalue weighted by Crippen LogP contribution is 2.25. The smallest absolute Gasteiger partial charge is 0.248 e. The molecule has 5 nitrogen and oxygen atoms in total. The summed E-state index contributed by atoms with van der Waals surface area (Å²) in [4.78, 5) is 12.1. The highest BCUT2D eigenvalue weighted by atomic mass is 32.2. The van der Waals surface area contributed by atoms with Crippen LogP contribution in [0.3, 0.4) is 0 Å². The first-order valence-electron chi connectivity index (χ1n) is 8.59. The number of hydrogen-bond acceptors (Lipinski definition) is 4. The highest BCUT2D eigenvalue weighted by molar-refractivity contribution is 7.89. The van der Waals surface area contributed by atoms with Crippen molar-refractivity contribution in [3.8, 4) is 0 Å². The molecule has 0 saturated carbocycles. The Bertz CT molecular complexity index is 903. The van der Waals surface area contributed by atoms with E-state index in [1.54, 1.807) is 21.7 Å². The summed E-state index contributed by atoms with van der Waals surface area (Å²) in [5.41, 5.74) is 3.76. The van der Waals surface area contributed by atoms with E-state index in [9.17, 15) is 13.2 Å². The van der Waals surface area contributed by atoms with Crippen molar-refractivity contribution in [3.05, 3.63) is 57.8 Å². The Morgan fingerprint density at radius 3 is 2.88 bits per heavy atom. The number of sulfonamides is 1. The Labute approximate surface area is 158 Å². The van der Waals surface area contributed by atoms with Crippen LogP contribution in [0.25, 0.3) is 6.08 Å². The highest BCUT2D eigenvalue weighted by Gasteiger charge is 2.26. The van der Waals surface area contributed by atoms with E-state index in [1.165, 1.54) is 6.08 Å². The fourth-order valence-corrected chi connectivity index (χ4v) is 5.07. The van der Waals surface area contributed by atoms with Crippen molar-refractivity contribution in [2.45, 2.75) is 26.3 Å². The number of benzene rings is 1. The summed E-state index contributed by atoms with van der Waals surface area (Å²) in [6, 6.07) is 7.65. The summed E-state index contributed by atoms with van der Waals surface area (Å²) in [6.45, 7) is 2.75. The van der Waals surface area contributed by atoms with Gasteiger partial charge in [-0.25, -0.2) is 8.42 Å². The summed E-state index contributed by atoms with van der Waals surface area (Å²) in [7, 11) is -3.21. The summed E-state index contributed by atoms with van der Waals surface area (Å²) in [5.74, 6) is -0.0333. The van der Waals surface area contributed by atoms with E-state index >= 15 is 0 Å². The predicted molar refractivity (Wildman–Crippen MR) is 107 cm³/mol. The van der Waals surface area contributed by atoms with Crippen LogP contribution in [-0.4, -0.2) is 30.9 Å². The minimum absolute atomic E-state index is 0.173. The number of nitrogens with one attached hydrogen (secondary N) is 1. The van der Waals surface area contributed by atoms with E-state index in [-0.39, 0.29) is 11.7 Å². The zero-order valence-electron chi connectivity index (χ0n) is 14.6. The van der Waals surface area contributed by atoms with Crippen LogP contribution in [-0.2, 0) is 27.8 Å². The van der Waals surface area contributed by atoms with Crippen LogP contribution in [0.4, 0.5) is 5.69 Å². The quantitative estimate of drug-likeness (QED) is 0.768. The molecule has 3 rings (SSSR count). The van der Waals surface area contributed by atoms with Gasteiger partial charge in [-0.05, 0) is 64.6 Å². The van der Waals surface area contributed by atoms with Gasteiger partial charge < -0.3 is 5.32 Å². The maximum atomic E-state index is 12.3. The number of carbonyl (C=O) groups excluding carboxylic acids is 1. The van der Waals surface area contributed by atoms with Crippen LogP contribution in [0.5, 0.6) is 0 Å². The number of thiophene rings is 1. The average molecular weight is 391 g/mol. The second-order valence-corrected chi connectivity index (χ2v) is 9.13. The molecule has 0 saturated heterocycles. The van der Waals surface area contributed by atoms with Gasteiger partial charge in [-0.1, -0.05) is 13.0 Å². The molecule has 1 aromatic carbocycles. The molecule has 1 aromatic heterocycles. The lowest BCUT2D eigenvalue weighted by Crippen LogP contribution is -2.37. The van der Waals surface area contributed by atoms with Crippen molar-refractivity contribution in [1.82, 2.24) is 4.31 Å². The lowest BCUT2D eigenvalue weighted by Gasteiger charge is -2.28. The molecule has 1 N–H and O–H groups in total. The predicted octanol–water partition coefficient (Wildman–Crippen LogP) is 3.50. The Morgan fingerprint density at radius 1 is 1.31 bits per heavy atom. The summed E-state index contributed by atoms with van der Waals surface area (Å²) >= 11 is 1.58. The molecule has 0 bridgehead atoms. The topological polar surface area (TPSA) is 66.5 Å². The molecule has 0 spiro atoms. The van der Waals surface area contributed by atoms with Crippen LogP contribution >= 0.6 is 11.3 Å². The third kappa shape index (κ3) is 4.60. The number of hydrogen-bond donors (Lipinski definition) is 1. The normalized spacial score (nSPS) is 15.1. The molecule has 1 aliphatic rings. The zero-order valence-corrected chi connectivity index (χ0v) is 16.3. The van der Waals surface area contributed by atoms with Crippen LogP contribution < -0.4 is 5.32 Å². The van der Waals surface area contributed by atoms with Gasteiger partial charge in [0.15, 0.2) is 0 Å². The minimum atomic E-state index is -3.21. The monoisotopic (exact) mass is 390 g/mol. The third-order valence-corrected chi connectivity index (χ3v) is 7.00. The maximum Gasteiger partial charge on any atom is 0.248 e. The van der Waals surface area contributed by atoms with Crippen molar-refractivity contribution in [2.75, 3.05) is 17.6 Å². The first kappa shape index (κ1) is 18.8. The van der Waals surface area contributed by atoms with Crippen molar-refractivity contribution in [1.29, 1.82) is 0 Å². The lowest BCUT2D eigenvalue weighted by atomic mass is 10.0. The zero-order chi connectivity index (χ0) is 18.6. The van der Waals surface area contributed by atoms with Crippen molar-refractivity contribution in [3.63, 3.8) is 0 Å². The largest absolute Gasteiger partial charge is 0.323 e. The van der Waals surface area contributed by atoms with Gasteiger partial charge >= 0.3 is 0 Å². The van der Waals surface area contributed by atoms with Gasteiger partial charge in [-0.15, -0.1) is 0 Å². The van der Waals surface area contributed by atoms with Crippen molar-refractivity contribution >= 4 is 39.0 Å². The third-order valence-electron chi connectivity index (χ3n) is 4.28. The molecule has 1 amide bonds. The van der Waals surface area contributed by atoms with Crippen LogP contribution in [0, 0.1) is 0 Å². The average Bonchev–Trinajstić information content (AvgIpc) is 3.13. The van der Waals surface area contributed by atoms with Crippen molar-refractivity contribution < 1.29 is 13.2 Å². The Hall–Kier alpha value is -1.96. The summed E-state index contributed by atoms with van der Waals surface area (Å²) in [6.07, 6.45) is 4.58. The molecule has 0 unspecified atom stereocenters. The second-order valence-electron chi connectivity index (χ2n) is 6.26. The molecule has 2 heterocycles. The number of amides is 1. The molecule has 138 valence electrons. The van der Waals surface area contributed by atoms with E-state index in [1.807, 2.05) is 41.9 Å². The SMILES string of the molecule is CCCS(=O)(=O)N1CCc2ccc(NC(=O)/C=C/c3ccsc3)cc2C1. The van der Waals surface area contributed by atoms with Gasteiger partial charge in [0.1, 0.15) is 0 Å². The minimum Gasteiger partial charge on any atom is -0.323 e. The van der Waals surface area contributed by atoms with Gasteiger partial charge in [-0.3, -0.25) is 4.79 Å².